The third-order valence-corrected chi connectivity index (χ3v) is 5.29. The summed E-state index contributed by atoms with van der Waals surface area (Å²) in [5.41, 5.74) is 3.44. The molecular formula is C26H20O2. The third-order valence-electron chi connectivity index (χ3n) is 5.29. The van der Waals surface area contributed by atoms with Crippen LogP contribution in [0.2, 0.25) is 0 Å². The van der Waals surface area contributed by atoms with E-state index in [9.17, 15) is 0 Å². The van der Waals surface area contributed by atoms with Crippen LogP contribution in [0, 0.1) is 0 Å². The number of allylic oxidation sites excluding steroid dienone is 1. The number of methoxy groups -OCH3 is 1. The summed E-state index contributed by atoms with van der Waals surface area (Å²) in [5.74, 6) is 2.76. The van der Waals surface area contributed by atoms with Crippen molar-refractivity contribution in [3.8, 4) is 11.5 Å². The van der Waals surface area contributed by atoms with E-state index in [0.717, 1.165) is 39.2 Å². The average molecular weight is 364 g/mol. The summed E-state index contributed by atoms with van der Waals surface area (Å²) in [7, 11) is 1.72. The van der Waals surface area contributed by atoms with E-state index in [0.29, 0.717) is 0 Å². The minimum absolute atomic E-state index is 0.0960. The van der Waals surface area contributed by atoms with Gasteiger partial charge in [-0.2, -0.15) is 0 Å². The van der Waals surface area contributed by atoms with E-state index >= 15 is 0 Å². The topological polar surface area (TPSA) is 18.5 Å². The zero-order chi connectivity index (χ0) is 18.9. The monoisotopic (exact) mass is 364 g/mol. The van der Waals surface area contributed by atoms with E-state index in [-0.39, 0.29) is 5.92 Å². The van der Waals surface area contributed by atoms with Gasteiger partial charge in [-0.3, -0.25) is 0 Å². The van der Waals surface area contributed by atoms with Crippen molar-refractivity contribution in [1.29, 1.82) is 0 Å². The molecule has 0 radical (unpaired) electrons. The van der Waals surface area contributed by atoms with Crippen molar-refractivity contribution in [2.45, 2.75) is 5.92 Å². The van der Waals surface area contributed by atoms with E-state index in [4.69, 9.17) is 9.47 Å². The summed E-state index contributed by atoms with van der Waals surface area (Å²) in [4.78, 5) is 0. The Bertz CT molecular complexity index is 1160. The van der Waals surface area contributed by atoms with Crippen molar-refractivity contribution < 1.29 is 9.47 Å². The second-order valence-electron chi connectivity index (χ2n) is 6.93. The SMILES string of the molecule is COc1cc2c(c3ccccc13)OC(c1ccccc1)=CC2c1ccccc1. The molecule has 2 nitrogen and oxygen atoms in total. The van der Waals surface area contributed by atoms with Gasteiger partial charge in [0.25, 0.3) is 0 Å². The number of hydrogen-bond acceptors (Lipinski definition) is 2. The van der Waals surface area contributed by atoms with Gasteiger partial charge < -0.3 is 9.47 Å². The van der Waals surface area contributed by atoms with Gasteiger partial charge in [0.1, 0.15) is 17.3 Å². The van der Waals surface area contributed by atoms with Crippen molar-refractivity contribution in [3.05, 3.63) is 114 Å². The van der Waals surface area contributed by atoms with Crippen LogP contribution in [0.1, 0.15) is 22.6 Å². The fourth-order valence-corrected chi connectivity index (χ4v) is 3.93. The molecule has 0 fully saturated rings. The molecule has 0 saturated heterocycles. The maximum absolute atomic E-state index is 6.49. The van der Waals surface area contributed by atoms with E-state index in [1.165, 1.54) is 5.56 Å². The lowest BCUT2D eigenvalue weighted by molar-refractivity contribution is 0.417. The summed E-state index contributed by atoms with van der Waals surface area (Å²) in [6.07, 6.45) is 2.21. The summed E-state index contributed by atoms with van der Waals surface area (Å²) < 4.78 is 12.2. The lowest BCUT2D eigenvalue weighted by atomic mass is 9.86. The Morgan fingerprint density at radius 3 is 2.11 bits per heavy atom. The molecule has 1 unspecified atom stereocenters. The molecule has 4 aromatic rings. The number of rotatable bonds is 3. The molecule has 0 spiro atoms. The molecule has 5 rings (SSSR count). The first kappa shape index (κ1) is 16.6. The summed E-state index contributed by atoms with van der Waals surface area (Å²) in [5, 5.41) is 2.13. The number of hydrogen-bond donors (Lipinski definition) is 0. The third kappa shape index (κ3) is 2.74. The van der Waals surface area contributed by atoms with Gasteiger partial charge in [0.05, 0.1) is 7.11 Å². The van der Waals surface area contributed by atoms with Gasteiger partial charge in [-0.15, -0.1) is 0 Å². The van der Waals surface area contributed by atoms with Crippen molar-refractivity contribution in [1.82, 2.24) is 0 Å². The second-order valence-corrected chi connectivity index (χ2v) is 6.93. The normalized spacial score (nSPS) is 15.5. The molecule has 0 aliphatic carbocycles. The highest BCUT2D eigenvalue weighted by atomic mass is 16.5. The smallest absolute Gasteiger partial charge is 0.139 e. The van der Waals surface area contributed by atoms with Crippen LogP contribution in [0.5, 0.6) is 11.5 Å². The fraction of sp³-hybridized carbons (Fsp3) is 0.0769. The molecule has 4 aromatic carbocycles. The van der Waals surface area contributed by atoms with E-state index in [1.807, 2.05) is 36.4 Å². The van der Waals surface area contributed by atoms with Crippen LogP contribution in [0.3, 0.4) is 0 Å². The maximum Gasteiger partial charge on any atom is 0.139 e. The molecule has 0 amide bonds. The molecule has 2 heteroatoms. The molecule has 1 heterocycles. The number of ether oxygens (including phenoxy) is 2. The van der Waals surface area contributed by atoms with Gasteiger partial charge in [-0.05, 0) is 17.7 Å². The summed E-state index contributed by atoms with van der Waals surface area (Å²) >= 11 is 0. The fourth-order valence-electron chi connectivity index (χ4n) is 3.93. The quantitative estimate of drug-likeness (QED) is 0.418. The van der Waals surface area contributed by atoms with Gasteiger partial charge in [0, 0.05) is 27.8 Å². The minimum Gasteiger partial charge on any atom is -0.496 e. The van der Waals surface area contributed by atoms with Gasteiger partial charge in [-0.25, -0.2) is 0 Å². The molecule has 0 saturated carbocycles. The molecule has 136 valence electrons. The Labute approximate surface area is 164 Å². The van der Waals surface area contributed by atoms with Gasteiger partial charge in [-0.1, -0.05) is 84.9 Å². The van der Waals surface area contributed by atoms with E-state index in [2.05, 4.69) is 60.7 Å². The highest BCUT2D eigenvalue weighted by Gasteiger charge is 2.27. The standard InChI is InChI=1S/C26H20O2/c1-27-25-17-23-22(18-10-4-2-5-11-18)16-24(19-12-6-3-7-13-19)28-26(23)21-15-9-8-14-20(21)25/h2-17,22H,1H3. The van der Waals surface area contributed by atoms with Crippen molar-refractivity contribution in [2.24, 2.45) is 0 Å². The van der Waals surface area contributed by atoms with Crippen LogP contribution in [-0.4, -0.2) is 7.11 Å². The Balaban J connectivity index is 1.78. The van der Waals surface area contributed by atoms with Gasteiger partial charge in [0.15, 0.2) is 0 Å². The van der Waals surface area contributed by atoms with Crippen molar-refractivity contribution in [2.75, 3.05) is 7.11 Å². The van der Waals surface area contributed by atoms with Crippen LogP contribution < -0.4 is 9.47 Å². The zero-order valence-electron chi connectivity index (χ0n) is 15.6. The lowest BCUT2D eigenvalue weighted by Crippen LogP contribution is -2.11. The molecule has 28 heavy (non-hydrogen) atoms. The highest BCUT2D eigenvalue weighted by molar-refractivity contribution is 5.96. The summed E-state index contributed by atoms with van der Waals surface area (Å²) in [6, 6.07) is 31.2. The predicted octanol–water partition coefficient (Wildman–Crippen LogP) is 6.41. The van der Waals surface area contributed by atoms with Crippen molar-refractivity contribution in [3.63, 3.8) is 0 Å². The largest absolute Gasteiger partial charge is 0.496 e. The Hall–Kier alpha value is -3.52. The first-order chi connectivity index (χ1) is 13.8. The molecular weight excluding hydrogens is 344 g/mol. The molecule has 1 aliphatic rings. The maximum atomic E-state index is 6.49. The van der Waals surface area contributed by atoms with Crippen LogP contribution in [-0.2, 0) is 0 Å². The minimum atomic E-state index is 0.0960. The van der Waals surface area contributed by atoms with E-state index in [1.54, 1.807) is 7.11 Å². The molecule has 1 aliphatic heterocycles. The van der Waals surface area contributed by atoms with Crippen LogP contribution in [0.15, 0.2) is 97.1 Å². The molecule has 0 N–H and O–H groups in total. The molecule has 0 aromatic heterocycles. The van der Waals surface area contributed by atoms with Crippen molar-refractivity contribution >= 4 is 16.5 Å². The Kier molecular flexibility index (Phi) is 4.10. The molecule has 0 bridgehead atoms. The second kappa shape index (κ2) is 6.90. The van der Waals surface area contributed by atoms with Crippen LogP contribution in [0.25, 0.3) is 16.5 Å². The average Bonchev–Trinajstić information content (AvgIpc) is 2.79. The van der Waals surface area contributed by atoms with Crippen LogP contribution >= 0.6 is 0 Å². The van der Waals surface area contributed by atoms with E-state index < -0.39 is 0 Å². The molecule has 1 atom stereocenters. The number of fused-ring (bicyclic) bond motifs is 3. The highest BCUT2D eigenvalue weighted by Crippen LogP contribution is 2.47. The predicted molar refractivity (Wildman–Crippen MR) is 114 cm³/mol. The lowest BCUT2D eigenvalue weighted by Gasteiger charge is -2.27. The Morgan fingerprint density at radius 2 is 1.39 bits per heavy atom. The first-order valence-electron chi connectivity index (χ1n) is 9.45. The zero-order valence-corrected chi connectivity index (χ0v) is 15.6. The van der Waals surface area contributed by atoms with Crippen LogP contribution in [0.4, 0.5) is 0 Å². The Morgan fingerprint density at radius 1 is 0.750 bits per heavy atom. The van der Waals surface area contributed by atoms with Gasteiger partial charge >= 0.3 is 0 Å². The van der Waals surface area contributed by atoms with Gasteiger partial charge in [0.2, 0.25) is 0 Å². The number of benzene rings is 4. The summed E-state index contributed by atoms with van der Waals surface area (Å²) in [6.45, 7) is 0. The first-order valence-corrected chi connectivity index (χ1v) is 9.45.